The highest BCUT2D eigenvalue weighted by Gasteiger charge is 2.21. The molecule has 0 spiro atoms. The van der Waals surface area contributed by atoms with Gasteiger partial charge >= 0.3 is 5.97 Å². The van der Waals surface area contributed by atoms with E-state index in [2.05, 4.69) is 14.9 Å². The van der Waals surface area contributed by atoms with E-state index in [1.807, 2.05) is 0 Å². The van der Waals surface area contributed by atoms with Gasteiger partial charge in [0.1, 0.15) is 11.9 Å². The lowest BCUT2D eigenvalue weighted by atomic mass is 10.1. The SMILES string of the molecule is COC1CCN(Cc2ncncc2C(=O)O)CC1. The van der Waals surface area contributed by atoms with E-state index in [9.17, 15) is 4.79 Å². The van der Waals surface area contributed by atoms with E-state index in [1.165, 1.54) is 12.5 Å². The number of ether oxygens (including phenoxy) is 1. The lowest BCUT2D eigenvalue weighted by Crippen LogP contribution is -2.36. The summed E-state index contributed by atoms with van der Waals surface area (Å²) in [5, 5.41) is 9.06. The van der Waals surface area contributed by atoms with Crippen molar-refractivity contribution in [3.05, 3.63) is 23.8 Å². The molecule has 2 rings (SSSR count). The van der Waals surface area contributed by atoms with Crippen molar-refractivity contribution in [3.63, 3.8) is 0 Å². The Labute approximate surface area is 106 Å². The summed E-state index contributed by atoms with van der Waals surface area (Å²) in [6.07, 6.45) is 5.02. The molecule has 1 aliphatic rings. The number of carboxylic acid groups (broad SMARTS) is 1. The Morgan fingerprint density at radius 2 is 2.28 bits per heavy atom. The second kappa shape index (κ2) is 5.88. The molecule has 1 saturated heterocycles. The number of hydrogen-bond donors (Lipinski definition) is 1. The van der Waals surface area contributed by atoms with Gasteiger partial charge in [-0.25, -0.2) is 14.8 Å². The first-order valence-electron chi connectivity index (χ1n) is 5.98. The number of carboxylic acids is 1. The van der Waals surface area contributed by atoms with Gasteiger partial charge in [0.25, 0.3) is 0 Å². The van der Waals surface area contributed by atoms with Gasteiger partial charge in [0.2, 0.25) is 0 Å². The van der Waals surface area contributed by atoms with Gasteiger partial charge in [-0.15, -0.1) is 0 Å². The maximum Gasteiger partial charge on any atom is 0.339 e. The van der Waals surface area contributed by atoms with E-state index in [1.54, 1.807) is 7.11 Å². The molecule has 1 aromatic heterocycles. The molecule has 1 N–H and O–H groups in total. The summed E-state index contributed by atoms with van der Waals surface area (Å²) in [5.74, 6) is -0.975. The molecule has 6 nitrogen and oxygen atoms in total. The Hall–Kier alpha value is -1.53. The molecule has 0 amide bonds. The van der Waals surface area contributed by atoms with Crippen molar-refractivity contribution >= 4 is 5.97 Å². The van der Waals surface area contributed by atoms with Crippen molar-refractivity contribution < 1.29 is 14.6 Å². The van der Waals surface area contributed by atoms with Crippen LogP contribution in [0.2, 0.25) is 0 Å². The molecule has 1 aromatic rings. The van der Waals surface area contributed by atoms with Gasteiger partial charge in [0.05, 0.1) is 11.8 Å². The minimum Gasteiger partial charge on any atom is -0.478 e. The maximum absolute atomic E-state index is 11.0. The fourth-order valence-corrected chi connectivity index (χ4v) is 2.17. The summed E-state index contributed by atoms with van der Waals surface area (Å²) >= 11 is 0. The lowest BCUT2D eigenvalue weighted by molar-refractivity contribution is 0.0382. The molecule has 0 saturated carbocycles. The first-order valence-corrected chi connectivity index (χ1v) is 5.98. The number of aromatic nitrogens is 2. The smallest absolute Gasteiger partial charge is 0.339 e. The zero-order valence-electron chi connectivity index (χ0n) is 10.4. The van der Waals surface area contributed by atoms with Crippen molar-refractivity contribution in [2.45, 2.75) is 25.5 Å². The van der Waals surface area contributed by atoms with Crippen LogP contribution in [0.25, 0.3) is 0 Å². The van der Waals surface area contributed by atoms with Crippen LogP contribution in [0.4, 0.5) is 0 Å². The third kappa shape index (κ3) is 3.02. The number of methoxy groups -OCH3 is 1. The van der Waals surface area contributed by atoms with Crippen LogP contribution in [0, 0.1) is 0 Å². The Balaban J connectivity index is 2.00. The molecule has 0 bridgehead atoms. The second-order valence-corrected chi connectivity index (χ2v) is 4.40. The second-order valence-electron chi connectivity index (χ2n) is 4.40. The van der Waals surface area contributed by atoms with Gasteiger partial charge in [-0.1, -0.05) is 0 Å². The monoisotopic (exact) mass is 251 g/mol. The molecule has 2 heterocycles. The maximum atomic E-state index is 11.0. The van der Waals surface area contributed by atoms with Crippen molar-refractivity contribution in [1.29, 1.82) is 0 Å². The molecular formula is C12H17N3O3. The van der Waals surface area contributed by atoms with Crippen molar-refractivity contribution in [2.24, 2.45) is 0 Å². The number of aromatic carboxylic acids is 1. The predicted octanol–water partition coefficient (Wildman–Crippen LogP) is 0.786. The molecule has 18 heavy (non-hydrogen) atoms. The van der Waals surface area contributed by atoms with E-state index in [-0.39, 0.29) is 5.56 Å². The Bertz CT molecular complexity index is 417. The summed E-state index contributed by atoms with van der Waals surface area (Å²) < 4.78 is 5.31. The molecule has 98 valence electrons. The molecule has 0 radical (unpaired) electrons. The van der Waals surface area contributed by atoms with Crippen molar-refractivity contribution in [3.8, 4) is 0 Å². The average molecular weight is 251 g/mol. The summed E-state index contributed by atoms with van der Waals surface area (Å²) in [6.45, 7) is 2.36. The van der Waals surface area contributed by atoms with Crippen LogP contribution >= 0.6 is 0 Å². The van der Waals surface area contributed by atoms with Gasteiger partial charge in [-0.3, -0.25) is 4.90 Å². The molecule has 6 heteroatoms. The standard InChI is InChI=1S/C12H17N3O3/c1-18-9-2-4-15(5-3-9)7-11-10(12(16)17)6-13-8-14-11/h6,8-9H,2-5,7H2,1H3,(H,16,17). The van der Waals surface area contributed by atoms with E-state index < -0.39 is 5.97 Å². The van der Waals surface area contributed by atoms with Gasteiger partial charge in [0, 0.05) is 32.9 Å². The summed E-state index contributed by atoms with van der Waals surface area (Å²) in [6, 6.07) is 0. The molecule has 1 aliphatic heterocycles. The summed E-state index contributed by atoms with van der Waals surface area (Å²) in [4.78, 5) is 21.1. The molecule has 0 atom stereocenters. The molecule has 0 aromatic carbocycles. The highest BCUT2D eigenvalue weighted by Crippen LogP contribution is 2.16. The predicted molar refractivity (Wildman–Crippen MR) is 64.3 cm³/mol. The Kier molecular flexibility index (Phi) is 4.22. The average Bonchev–Trinajstić information content (AvgIpc) is 2.40. The fourth-order valence-electron chi connectivity index (χ4n) is 2.17. The zero-order valence-corrected chi connectivity index (χ0v) is 10.4. The summed E-state index contributed by atoms with van der Waals surface area (Å²) in [7, 11) is 1.73. The third-order valence-corrected chi connectivity index (χ3v) is 3.27. The van der Waals surface area contributed by atoms with Crippen LogP contribution in [-0.4, -0.2) is 52.2 Å². The quantitative estimate of drug-likeness (QED) is 0.852. The first-order chi connectivity index (χ1) is 8.70. The van der Waals surface area contributed by atoms with Crippen LogP contribution in [0.5, 0.6) is 0 Å². The number of carbonyl (C=O) groups is 1. The van der Waals surface area contributed by atoms with E-state index >= 15 is 0 Å². The van der Waals surface area contributed by atoms with E-state index in [0.29, 0.717) is 18.3 Å². The summed E-state index contributed by atoms with van der Waals surface area (Å²) in [5.41, 5.74) is 0.764. The van der Waals surface area contributed by atoms with Gasteiger partial charge in [-0.2, -0.15) is 0 Å². The van der Waals surface area contributed by atoms with Gasteiger partial charge in [-0.05, 0) is 12.8 Å². The number of nitrogens with zero attached hydrogens (tertiary/aromatic N) is 3. The number of likely N-dealkylation sites (tertiary alicyclic amines) is 1. The number of hydrogen-bond acceptors (Lipinski definition) is 5. The number of piperidine rings is 1. The fraction of sp³-hybridized carbons (Fsp3) is 0.583. The van der Waals surface area contributed by atoms with Gasteiger partial charge < -0.3 is 9.84 Å². The Morgan fingerprint density at radius 3 is 2.89 bits per heavy atom. The lowest BCUT2D eigenvalue weighted by Gasteiger charge is -2.30. The molecule has 0 unspecified atom stereocenters. The molecule has 1 fully saturated rings. The van der Waals surface area contributed by atoms with E-state index in [0.717, 1.165) is 25.9 Å². The van der Waals surface area contributed by atoms with Gasteiger partial charge in [0.15, 0.2) is 0 Å². The highest BCUT2D eigenvalue weighted by atomic mass is 16.5. The van der Waals surface area contributed by atoms with Crippen LogP contribution in [0.15, 0.2) is 12.5 Å². The minimum absolute atomic E-state index is 0.186. The van der Waals surface area contributed by atoms with Crippen LogP contribution < -0.4 is 0 Å². The van der Waals surface area contributed by atoms with E-state index in [4.69, 9.17) is 9.84 Å². The molecular weight excluding hydrogens is 234 g/mol. The first kappa shape index (κ1) is 12.9. The van der Waals surface area contributed by atoms with Crippen molar-refractivity contribution in [1.82, 2.24) is 14.9 Å². The largest absolute Gasteiger partial charge is 0.478 e. The van der Waals surface area contributed by atoms with Crippen molar-refractivity contribution in [2.75, 3.05) is 20.2 Å². The number of rotatable bonds is 4. The zero-order chi connectivity index (χ0) is 13.0. The normalized spacial score (nSPS) is 17.8. The minimum atomic E-state index is -0.975. The molecule has 0 aliphatic carbocycles. The Morgan fingerprint density at radius 1 is 1.56 bits per heavy atom. The third-order valence-electron chi connectivity index (χ3n) is 3.27. The van der Waals surface area contributed by atoms with Crippen LogP contribution in [0.3, 0.4) is 0 Å². The van der Waals surface area contributed by atoms with Crippen LogP contribution in [0.1, 0.15) is 28.9 Å². The topological polar surface area (TPSA) is 75.5 Å². The van der Waals surface area contributed by atoms with Crippen LogP contribution in [-0.2, 0) is 11.3 Å². The highest BCUT2D eigenvalue weighted by molar-refractivity contribution is 5.88.